The zero-order chi connectivity index (χ0) is 17.3. The largest absolute Gasteiger partial charge is 0.481 e. The van der Waals surface area contributed by atoms with E-state index in [-0.39, 0.29) is 17.6 Å². The van der Waals surface area contributed by atoms with Crippen LogP contribution < -0.4 is 5.32 Å². The number of benzene rings is 1. The number of carbonyl (C=O) groups is 2. The SMILES string of the molecule is Cc1cc(C(=O)N[C@@H]2CCC[C@@H]2C(=O)O)nn1-c1ccccc1Cl. The van der Waals surface area contributed by atoms with Crippen LogP contribution in [0.4, 0.5) is 0 Å². The maximum Gasteiger partial charge on any atom is 0.308 e. The number of aliphatic carboxylic acids is 1. The number of rotatable bonds is 4. The summed E-state index contributed by atoms with van der Waals surface area (Å²) in [5, 5.41) is 16.9. The van der Waals surface area contributed by atoms with Crippen molar-refractivity contribution in [2.24, 2.45) is 5.92 Å². The molecule has 1 fully saturated rings. The summed E-state index contributed by atoms with van der Waals surface area (Å²) in [7, 11) is 0. The van der Waals surface area contributed by atoms with Crippen molar-refractivity contribution in [1.82, 2.24) is 15.1 Å². The monoisotopic (exact) mass is 347 g/mol. The second-order valence-corrected chi connectivity index (χ2v) is 6.40. The molecule has 2 aromatic rings. The smallest absolute Gasteiger partial charge is 0.308 e. The highest BCUT2D eigenvalue weighted by Crippen LogP contribution is 2.26. The van der Waals surface area contributed by atoms with E-state index in [1.165, 1.54) is 0 Å². The average Bonchev–Trinajstić information content (AvgIpc) is 3.14. The molecule has 3 rings (SSSR count). The normalized spacial score (nSPS) is 20.1. The van der Waals surface area contributed by atoms with Crippen molar-refractivity contribution in [2.45, 2.75) is 32.2 Å². The lowest BCUT2D eigenvalue weighted by Crippen LogP contribution is -2.40. The molecule has 2 atom stereocenters. The number of carboxylic acids is 1. The molecule has 1 aromatic carbocycles. The van der Waals surface area contributed by atoms with Crippen LogP contribution in [0.1, 0.15) is 35.4 Å². The van der Waals surface area contributed by atoms with Crippen LogP contribution in [-0.2, 0) is 4.79 Å². The number of hydrogen-bond donors (Lipinski definition) is 2. The summed E-state index contributed by atoms with van der Waals surface area (Å²) in [6, 6.07) is 8.57. The number of hydrogen-bond acceptors (Lipinski definition) is 3. The Bertz CT molecular complexity index is 787. The molecule has 0 spiro atoms. The summed E-state index contributed by atoms with van der Waals surface area (Å²) in [4.78, 5) is 23.7. The van der Waals surface area contributed by atoms with E-state index in [1.54, 1.807) is 16.8 Å². The Morgan fingerprint density at radius 1 is 1.33 bits per heavy atom. The first kappa shape index (κ1) is 16.5. The van der Waals surface area contributed by atoms with Crippen LogP contribution in [0.25, 0.3) is 5.69 Å². The van der Waals surface area contributed by atoms with Crippen LogP contribution in [-0.4, -0.2) is 32.8 Å². The fourth-order valence-electron chi connectivity index (χ4n) is 3.12. The van der Waals surface area contributed by atoms with Gasteiger partial charge in [-0.25, -0.2) is 4.68 Å². The van der Waals surface area contributed by atoms with Gasteiger partial charge in [0.1, 0.15) is 0 Å². The van der Waals surface area contributed by atoms with Crippen molar-refractivity contribution in [3.8, 4) is 5.69 Å². The maximum absolute atomic E-state index is 12.4. The van der Waals surface area contributed by atoms with Gasteiger partial charge >= 0.3 is 5.97 Å². The molecular formula is C17H18ClN3O3. The number of halogens is 1. The number of amides is 1. The maximum atomic E-state index is 12.4. The summed E-state index contributed by atoms with van der Waals surface area (Å²) in [5.41, 5.74) is 1.72. The van der Waals surface area contributed by atoms with Crippen LogP contribution in [0.15, 0.2) is 30.3 Å². The van der Waals surface area contributed by atoms with E-state index in [2.05, 4.69) is 10.4 Å². The second kappa shape index (κ2) is 6.65. The quantitative estimate of drug-likeness (QED) is 0.890. The van der Waals surface area contributed by atoms with Crippen LogP contribution in [0, 0.1) is 12.8 Å². The fourth-order valence-corrected chi connectivity index (χ4v) is 3.34. The van der Waals surface area contributed by atoms with Crippen LogP contribution >= 0.6 is 11.6 Å². The highest BCUT2D eigenvalue weighted by Gasteiger charge is 2.34. The van der Waals surface area contributed by atoms with E-state index in [9.17, 15) is 14.7 Å². The van der Waals surface area contributed by atoms with Crippen molar-refractivity contribution in [2.75, 3.05) is 0 Å². The molecular weight excluding hydrogens is 330 g/mol. The molecule has 0 radical (unpaired) electrons. The summed E-state index contributed by atoms with van der Waals surface area (Å²) in [6.45, 7) is 1.84. The summed E-state index contributed by atoms with van der Waals surface area (Å²) < 4.78 is 1.61. The van der Waals surface area contributed by atoms with Crippen molar-refractivity contribution in [3.63, 3.8) is 0 Å². The minimum Gasteiger partial charge on any atom is -0.481 e. The molecule has 1 aliphatic carbocycles. The van der Waals surface area contributed by atoms with Crippen molar-refractivity contribution in [3.05, 3.63) is 46.7 Å². The van der Waals surface area contributed by atoms with Crippen LogP contribution in [0.3, 0.4) is 0 Å². The minimum absolute atomic E-state index is 0.253. The van der Waals surface area contributed by atoms with E-state index in [0.717, 1.165) is 12.1 Å². The molecule has 7 heteroatoms. The van der Waals surface area contributed by atoms with Gasteiger partial charge in [0, 0.05) is 11.7 Å². The topological polar surface area (TPSA) is 84.2 Å². The van der Waals surface area contributed by atoms with Gasteiger partial charge < -0.3 is 10.4 Å². The Hall–Kier alpha value is -2.34. The number of nitrogens with zero attached hydrogens (tertiary/aromatic N) is 2. The molecule has 1 saturated carbocycles. The Kier molecular flexibility index (Phi) is 4.57. The molecule has 1 amide bonds. The third-order valence-electron chi connectivity index (χ3n) is 4.35. The number of nitrogens with one attached hydrogen (secondary N) is 1. The molecule has 0 bridgehead atoms. The number of carbonyl (C=O) groups excluding carboxylic acids is 1. The van der Waals surface area contributed by atoms with Gasteiger partial charge in [0.15, 0.2) is 5.69 Å². The van der Waals surface area contributed by atoms with E-state index in [0.29, 0.717) is 23.6 Å². The Morgan fingerprint density at radius 2 is 2.08 bits per heavy atom. The molecule has 1 heterocycles. The predicted molar refractivity (Wildman–Crippen MR) is 89.5 cm³/mol. The molecule has 126 valence electrons. The summed E-state index contributed by atoms with van der Waals surface area (Å²) in [6.07, 6.45) is 2.06. The first-order valence-corrected chi connectivity index (χ1v) is 8.20. The van der Waals surface area contributed by atoms with Gasteiger partial charge in [-0.2, -0.15) is 5.10 Å². The van der Waals surface area contributed by atoms with E-state index in [4.69, 9.17) is 11.6 Å². The lowest BCUT2D eigenvalue weighted by Gasteiger charge is -2.16. The number of carboxylic acid groups (broad SMARTS) is 1. The second-order valence-electron chi connectivity index (χ2n) is 5.99. The van der Waals surface area contributed by atoms with E-state index < -0.39 is 11.9 Å². The molecule has 0 aliphatic heterocycles. The Labute approximate surface area is 144 Å². The number of aromatic nitrogens is 2. The molecule has 1 aliphatic rings. The van der Waals surface area contributed by atoms with Crippen LogP contribution in [0.2, 0.25) is 5.02 Å². The zero-order valence-corrected chi connectivity index (χ0v) is 14.0. The number of para-hydroxylation sites is 1. The van der Waals surface area contributed by atoms with Crippen molar-refractivity contribution >= 4 is 23.5 Å². The van der Waals surface area contributed by atoms with Crippen molar-refractivity contribution in [1.29, 1.82) is 0 Å². The lowest BCUT2D eigenvalue weighted by molar-refractivity contribution is -0.142. The molecule has 6 nitrogen and oxygen atoms in total. The third kappa shape index (κ3) is 3.14. The van der Waals surface area contributed by atoms with Gasteiger partial charge in [-0.05, 0) is 38.0 Å². The third-order valence-corrected chi connectivity index (χ3v) is 4.67. The summed E-state index contributed by atoms with van der Waals surface area (Å²) >= 11 is 6.18. The minimum atomic E-state index is -0.865. The van der Waals surface area contributed by atoms with Crippen molar-refractivity contribution < 1.29 is 14.7 Å². The molecule has 24 heavy (non-hydrogen) atoms. The Morgan fingerprint density at radius 3 is 2.79 bits per heavy atom. The molecule has 0 unspecified atom stereocenters. The fraction of sp³-hybridized carbons (Fsp3) is 0.353. The van der Waals surface area contributed by atoms with Gasteiger partial charge in [0.25, 0.3) is 5.91 Å². The van der Waals surface area contributed by atoms with Crippen LogP contribution in [0.5, 0.6) is 0 Å². The standard InChI is InChI=1S/C17H18ClN3O3/c1-10-9-14(20-21(10)15-8-3-2-6-12(15)18)16(22)19-13-7-4-5-11(13)17(23)24/h2-3,6,8-9,11,13H,4-5,7H2,1H3,(H,19,22)(H,23,24)/t11-,13+/m0/s1. The van der Waals surface area contributed by atoms with Gasteiger partial charge in [-0.15, -0.1) is 0 Å². The summed E-state index contributed by atoms with van der Waals surface area (Å²) in [5.74, 6) is -1.75. The molecule has 1 aromatic heterocycles. The Balaban J connectivity index is 1.81. The number of aryl methyl sites for hydroxylation is 1. The van der Waals surface area contributed by atoms with Gasteiger partial charge in [-0.1, -0.05) is 30.2 Å². The van der Waals surface area contributed by atoms with Gasteiger partial charge in [0.05, 0.1) is 16.6 Å². The molecule has 2 N–H and O–H groups in total. The highest BCUT2D eigenvalue weighted by atomic mass is 35.5. The average molecular weight is 348 g/mol. The predicted octanol–water partition coefficient (Wildman–Crippen LogP) is 2.82. The first-order valence-electron chi connectivity index (χ1n) is 7.82. The van der Waals surface area contributed by atoms with E-state index >= 15 is 0 Å². The lowest BCUT2D eigenvalue weighted by atomic mass is 10.0. The molecule has 0 saturated heterocycles. The van der Waals surface area contributed by atoms with Gasteiger partial charge in [0.2, 0.25) is 0 Å². The highest BCUT2D eigenvalue weighted by molar-refractivity contribution is 6.32. The zero-order valence-electron chi connectivity index (χ0n) is 13.2. The first-order chi connectivity index (χ1) is 11.5. The van der Waals surface area contributed by atoms with Gasteiger partial charge in [-0.3, -0.25) is 9.59 Å². The van der Waals surface area contributed by atoms with E-state index in [1.807, 2.05) is 25.1 Å².